The van der Waals surface area contributed by atoms with E-state index in [1.165, 1.54) is 12.1 Å². The number of anilines is 1. The SMILES string of the molecule is O=C(O)c1ccc(S(=O)(=O)Nc2cc(Br)ccc2F)cc1. The summed E-state index contributed by atoms with van der Waals surface area (Å²) in [6.45, 7) is 0. The summed E-state index contributed by atoms with van der Waals surface area (Å²) in [5.41, 5.74) is -0.241. The summed E-state index contributed by atoms with van der Waals surface area (Å²) in [7, 11) is -4.00. The fraction of sp³-hybridized carbons (Fsp3) is 0. The Bertz CT molecular complexity index is 790. The Morgan fingerprint density at radius 3 is 2.33 bits per heavy atom. The van der Waals surface area contributed by atoms with Crippen LogP contribution in [0, 0.1) is 5.82 Å². The van der Waals surface area contributed by atoms with Crippen LogP contribution in [0.3, 0.4) is 0 Å². The lowest BCUT2D eigenvalue weighted by Gasteiger charge is -2.09. The van der Waals surface area contributed by atoms with Crippen LogP contribution in [-0.4, -0.2) is 19.5 Å². The molecular weight excluding hydrogens is 365 g/mol. The molecule has 2 rings (SSSR count). The van der Waals surface area contributed by atoms with Crippen molar-refractivity contribution in [3.63, 3.8) is 0 Å². The second kappa shape index (κ2) is 5.82. The van der Waals surface area contributed by atoms with E-state index >= 15 is 0 Å². The van der Waals surface area contributed by atoms with Gasteiger partial charge in [-0.1, -0.05) is 15.9 Å². The number of carboxylic acid groups (broad SMARTS) is 1. The molecule has 0 amide bonds. The highest BCUT2D eigenvalue weighted by molar-refractivity contribution is 9.10. The van der Waals surface area contributed by atoms with E-state index in [2.05, 4.69) is 20.7 Å². The highest BCUT2D eigenvalue weighted by Gasteiger charge is 2.17. The first-order valence-corrected chi connectivity index (χ1v) is 7.88. The maximum Gasteiger partial charge on any atom is 0.335 e. The third-order valence-corrected chi connectivity index (χ3v) is 4.46. The van der Waals surface area contributed by atoms with Crippen LogP contribution in [0.25, 0.3) is 0 Å². The molecule has 0 aliphatic rings. The third-order valence-electron chi connectivity index (χ3n) is 2.58. The van der Waals surface area contributed by atoms with Gasteiger partial charge in [-0.05, 0) is 42.5 Å². The number of carbonyl (C=O) groups is 1. The van der Waals surface area contributed by atoms with E-state index in [1.54, 1.807) is 0 Å². The van der Waals surface area contributed by atoms with Crippen LogP contribution in [0.4, 0.5) is 10.1 Å². The van der Waals surface area contributed by atoms with Crippen molar-refractivity contribution >= 4 is 37.6 Å². The molecule has 0 spiro atoms. The van der Waals surface area contributed by atoms with Crippen LogP contribution < -0.4 is 4.72 Å². The van der Waals surface area contributed by atoms with E-state index in [-0.39, 0.29) is 16.1 Å². The van der Waals surface area contributed by atoms with E-state index < -0.39 is 21.8 Å². The molecule has 5 nitrogen and oxygen atoms in total. The number of rotatable bonds is 4. The van der Waals surface area contributed by atoms with Crippen molar-refractivity contribution in [1.29, 1.82) is 0 Å². The molecule has 0 radical (unpaired) electrons. The predicted octanol–water partition coefficient (Wildman–Crippen LogP) is 3.09. The van der Waals surface area contributed by atoms with Crippen molar-refractivity contribution < 1.29 is 22.7 Å². The number of hydrogen-bond donors (Lipinski definition) is 2. The van der Waals surface area contributed by atoms with Crippen molar-refractivity contribution in [3.05, 3.63) is 58.3 Å². The van der Waals surface area contributed by atoms with Crippen LogP contribution in [0.2, 0.25) is 0 Å². The second-order valence-electron chi connectivity index (χ2n) is 4.06. The lowest BCUT2D eigenvalue weighted by Crippen LogP contribution is -2.14. The molecule has 2 aromatic rings. The fourth-order valence-corrected chi connectivity index (χ4v) is 2.98. The minimum atomic E-state index is -4.00. The molecule has 2 aromatic carbocycles. The van der Waals surface area contributed by atoms with Gasteiger partial charge in [-0.3, -0.25) is 4.72 Å². The lowest BCUT2D eigenvalue weighted by molar-refractivity contribution is 0.0696. The van der Waals surface area contributed by atoms with Crippen LogP contribution in [0.15, 0.2) is 51.8 Å². The Morgan fingerprint density at radius 2 is 1.76 bits per heavy atom. The average Bonchev–Trinajstić information content (AvgIpc) is 2.43. The quantitative estimate of drug-likeness (QED) is 0.862. The zero-order chi connectivity index (χ0) is 15.6. The van der Waals surface area contributed by atoms with Gasteiger partial charge in [0.25, 0.3) is 10.0 Å². The molecule has 0 aliphatic heterocycles. The van der Waals surface area contributed by atoms with Crippen LogP contribution >= 0.6 is 15.9 Å². The van der Waals surface area contributed by atoms with Crippen LogP contribution in [0.1, 0.15) is 10.4 Å². The van der Waals surface area contributed by atoms with E-state index in [0.717, 1.165) is 30.3 Å². The van der Waals surface area contributed by atoms with Gasteiger partial charge in [-0.2, -0.15) is 0 Å². The second-order valence-corrected chi connectivity index (χ2v) is 6.66. The molecular formula is C13H9BrFNO4S. The van der Waals surface area contributed by atoms with Gasteiger partial charge in [0.2, 0.25) is 0 Å². The summed E-state index contributed by atoms with van der Waals surface area (Å²) in [5.74, 6) is -1.88. The van der Waals surface area contributed by atoms with Gasteiger partial charge >= 0.3 is 5.97 Å². The molecule has 0 bridgehead atoms. The predicted molar refractivity (Wildman–Crippen MR) is 78.3 cm³/mol. The molecule has 0 aromatic heterocycles. The molecule has 0 heterocycles. The summed E-state index contributed by atoms with van der Waals surface area (Å²) in [6, 6.07) is 8.45. The third kappa shape index (κ3) is 3.59. The molecule has 21 heavy (non-hydrogen) atoms. The van der Waals surface area contributed by atoms with E-state index in [9.17, 15) is 17.6 Å². The Morgan fingerprint density at radius 1 is 1.14 bits per heavy atom. The van der Waals surface area contributed by atoms with E-state index in [0.29, 0.717) is 4.47 Å². The summed E-state index contributed by atoms with van der Waals surface area (Å²) in [4.78, 5) is 10.6. The van der Waals surface area contributed by atoms with Crippen molar-refractivity contribution in [3.8, 4) is 0 Å². The molecule has 8 heteroatoms. The Labute approximate surface area is 128 Å². The standard InChI is InChI=1S/C13H9BrFNO4S/c14-9-3-6-11(15)12(7-9)16-21(19,20)10-4-1-8(2-5-10)13(17)18/h1-7,16H,(H,17,18). The van der Waals surface area contributed by atoms with Gasteiger partial charge in [-0.15, -0.1) is 0 Å². The van der Waals surface area contributed by atoms with Crippen molar-refractivity contribution in [2.45, 2.75) is 4.90 Å². The maximum absolute atomic E-state index is 13.6. The zero-order valence-corrected chi connectivity index (χ0v) is 12.8. The van der Waals surface area contributed by atoms with Crippen LogP contribution in [0.5, 0.6) is 0 Å². The largest absolute Gasteiger partial charge is 0.478 e. The number of hydrogen-bond acceptors (Lipinski definition) is 3. The smallest absolute Gasteiger partial charge is 0.335 e. The number of halogens is 2. The molecule has 0 atom stereocenters. The fourth-order valence-electron chi connectivity index (χ4n) is 1.56. The molecule has 0 unspecified atom stereocenters. The Hall–Kier alpha value is -1.93. The highest BCUT2D eigenvalue weighted by atomic mass is 79.9. The molecule has 0 saturated carbocycles. The number of carboxylic acids is 1. The van der Waals surface area contributed by atoms with Crippen molar-refractivity contribution in [2.24, 2.45) is 0 Å². The topological polar surface area (TPSA) is 83.5 Å². The van der Waals surface area contributed by atoms with Crippen molar-refractivity contribution in [1.82, 2.24) is 0 Å². The van der Waals surface area contributed by atoms with Crippen molar-refractivity contribution in [2.75, 3.05) is 4.72 Å². The number of nitrogens with one attached hydrogen (secondary N) is 1. The van der Waals surface area contributed by atoms with Gasteiger partial charge < -0.3 is 5.11 Å². The number of sulfonamides is 1. The molecule has 0 saturated heterocycles. The van der Waals surface area contributed by atoms with Gasteiger partial charge in [0.15, 0.2) is 0 Å². The Balaban J connectivity index is 2.34. The molecule has 2 N–H and O–H groups in total. The summed E-state index contributed by atoms with van der Waals surface area (Å²) in [5, 5.41) is 8.76. The minimum Gasteiger partial charge on any atom is -0.478 e. The normalized spacial score (nSPS) is 11.1. The van der Waals surface area contributed by atoms with Gasteiger partial charge in [0, 0.05) is 4.47 Å². The van der Waals surface area contributed by atoms with Gasteiger partial charge in [-0.25, -0.2) is 17.6 Å². The molecule has 110 valence electrons. The van der Waals surface area contributed by atoms with Gasteiger partial charge in [0.05, 0.1) is 16.1 Å². The van der Waals surface area contributed by atoms with E-state index in [1.807, 2.05) is 0 Å². The summed E-state index contributed by atoms with van der Waals surface area (Å²) < 4.78 is 40.4. The minimum absolute atomic E-state index is 0.0393. The molecule has 0 fully saturated rings. The summed E-state index contributed by atoms with van der Waals surface area (Å²) in [6.07, 6.45) is 0. The number of benzene rings is 2. The average molecular weight is 374 g/mol. The monoisotopic (exact) mass is 373 g/mol. The molecule has 0 aliphatic carbocycles. The van der Waals surface area contributed by atoms with E-state index in [4.69, 9.17) is 5.11 Å². The Kier molecular flexibility index (Phi) is 4.29. The maximum atomic E-state index is 13.6. The van der Waals surface area contributed by atoms with Crippen LogP contribution in [-0.2, 0) is 10.0 Å². The van der Waals surface area contributed by atoms with Gasteiger partial charge in [0.1, 0.15) is 5.82 Å². The number of aromatic carboxylic acids is 1. The first-order chi connectivity index (χ1) is 9.79. The first kappa shape index (κ1) is 15.5. The summed E-state index contributed by atoms with van der Waals surface area (Å²) >= 11 is 3.12. The first-order valence-electron chi connectivity index (χ1n) is 5.61. The zero-order valence-electron chi connectivity index (χ0n) is 10.4. The lowest BCUT2D eigenvalue weighted by atomic mass is 10.2. The highest BCUT2D eigenvalue weighted by Crippen LogP contribution is 2.23.